The first-order chi connectivity index (χ1) is 48.6. The summed E-state index contributed by atoms with van der Waals surface area (Å²) in [6.07, 6.45) is -19.1. The molecule has 3 aromatic rings. The number of ether oxygens (including phenoxy) is 4. The molecule has 3 aromatic carbocycles. The Bertz CT molecular complexity index is 4220. The van der Waals surface area contributed by atoms with Crippen molar-refractivity contribution in [2.45, 2.75) is 242 Å². The first-order valence-corrected chi connectivity index (χ1v) is 38.4. The number of aliphatic hydroxyl groups is 4. The number of hydrogen-bond donors (Lipinski definition) is 4. The average Bonchev–Trinajstić information content (AvgIpc) is 1.61. The van der Waals surface area contributed by atoms with Crippen LogP contribution in [0.5, 0.6) is 5.75 Å². The lowest BCUT2D eigenvalue weighted by Crippen LogP contribution is -2.65. The van der Waals surface area contributed by atoms with E-state index in [-0.39, 0.29) is 98.7 Å². The molecule has 0 bridgehead atoms. The summed E-state index contributed by atoms with van der Waals surface area (Å²) in [6.45, 7) is 11.8. The first-order valence-electron chi connectivity index (χ1n) is 35.1. The van der Waals surface area contributed by atoms with Crippen molar-refractivity contribution >= 4 is 20.0 Å². The van der Waals surface area contributed by atoms with Crippen molar-refractivity contribution in [1.82, 2.24) is 0 Å². The fraction of sp³-hybridized carbons (Fsp3) is 0.699. The van der Waals surface area contributed by atoms with Gasteiger partial charge in [0.2, 0.25) is 0 Å². The third kappa shape index (κ3) is 12.7. The lowest BCUT2D eigenvalue weighted by Gasteiger charge is -2.59. The van der Waals surface area contributed by atoms with Crippen molar-refractivity contribution in [3.8, 4) is 16.9 Å². The van der Waals surface area contributed by atoms with Crippen LogP contribution in [0.1, 0.15) is 167 Å². The van der Waals surface area contributed by atoms with Crippen molar-refractivity contribution in [3.05, 3.63) is 106 Å². The molecule has 12 atom stereocenters. The van der Waals surface area contributed by atoms with Gasteiger partial charge in [0, 0.05) is 65.4 Å². The maximum absolute atomic E-state index is 15.4. The molecule has 4 unspecified atom stereocenters. The van der Waals surface area contributed by atoms with Crippen molar-refractivity contribution in [2.24, 2.45) is 45.3 Å². The van der Waals surface area contributed by atoms with Crippen LogP contribution in [0.4, 0.5) is 83.4 Å². The molecule has 2 aliphatic heterocycles. The van der Waals surface area contributed by atoms with Crippen LogP contribution in [0.2, 0.25) is 0 Å². The van der Waals surface area contributed by atoms with Gasteiger partial charge in [0.05, 0.1) is 42.5 Å². The van der Waals surface area contributed by atoms with E-state index >= 15 is 17.6 Å². The molecule has 10 aliphatic rings. The minimum absolute atomic E-state index is 0.0128. The Morgan fingerprint density at radius 2 is 0.785 bits per heavy atom. The second-order valence-electron chi connectivity index (χ2n) is 33.6. The number of halogens is 19. The zero-order valence-electron chi connectivity index (χ0n) is 59.0. The Kier molecular flexibility index (Phi) is 19.3. The van der Waals surface area contributed by atoms with Gasteiger partial charge in [-0.05, 0) is 158 Å². The summed E-state index contributed by atoms with van der Waals surface area (Å²) >= 11 is 0. The monoisotopic (exact) mass is 1590 g/mol. The van der Waals surface area contributed by atoms with Gasteiger partial charge in [0.25, 0.3) is 0 Å². The summed E-state index contributed by atoms with van der Waals surface area (Å²) in [4.78, 5) is 0.175. The molecule has 0 radical (unpaired) electrons. The third-order valence-electron chi connectivity index (χ3n) is 25.6. The summed E-state index contributed by atoms with van der Waals surface area (Å²) in [5.74, 6) is -34.3. The summed E-state index contributed by atoms with van der Waals surface area (Å²) in [5, 5.41) is 40.5. The highest BCUT2D eigenvalue weighted by molar-refractivity contribution is 7.90. The van der Waals surface area contributed by atoms with Crippen LogP contribution in [0.25, 0.3) is 11.1 Å². The van der Waals surface area contributed by atoms with Crippen molar-refractivity contribution < 1.29 is 144 Å². The molecule has 6 saturated carbocycles. The highest BCUT2D eigenvalue weighted by atomic mass is 32.2. The molecule has 598 valence electrons. The second kappa shape index (κ2) is 25.3. The Morgan fingerprint density at radius 1 is 0.439 bits per heavy atom. The summed E-state index contributed by atoms with van der Waals surface area (Å²) < 4.78 is 344. The molecule has 0 aromatic heterocycles. The Labute approximate surface area is 605 Å². The van der Waals surface area contributed by atoms with Crippen LogP contribution in [0.15, 0.2) is 100.0 Å². The summed E-state index contributed by atoms with van der Waals surface area (Å²) in [6, 6.07) is 16.4. The fourth-order valence-electron chi connectivity index (χ4n) is 19.9. The van der Waals surface area contributed by atoms with Gasteiger partial charge in [-0.1, -0.05) is 101 Å². The van der Waals surface area contributed by atoms with Gasteiger partial charge >= 0.3 is 57.6 Å². The Balaban J connectivity index is 0.000000202. The van der Waals surface area contributed by atoms with E-state index in [1.807, 2.05) is 52.0 Å². The second-order valence-corrected chi connectivity index (χ2v) is 37.2. The number of allylic oxidation sites excluding steroid dienone is 2. The molecule has 34 heteroatoms. The van der Waals surface area contributed by atoms with Gasteiger partial charge in [0.15, 0.2) is 21.4 Å². The molecule has 8 aliphatic carbocycles. The predicted octanol–water partition coefficient (Wildman–Crippen LogP) is 17.0. The lowest BCUT2D eigenvalue weighted by atomic mass is 9.49. The lowest BCUT2D eigenvalue weighted by molar-refractivity contribution is -0.382. The van der Waals surface area contributed by atoms with Crippen LogP contribution >= 0.6 is 0 Å². The number of sulfone groups is 1. The Morgan fingerprint density at radius 3 is 1.12 bits per heavy atom. The largest absolute Gasteiger partial charge is 0.460 e. The van der Waals surface area contributed by atoms with E-state index in [9.17, 15) is 103 Å². The number of hydrogen-bond acceptors (Lipinski definition) is 13. The zero-order valence-corrected chi connectivity index (χ0v) is 60.6. The normalized spacial score (nSPS) is 34.5. The molecular formula is C73H83F19O13S2. The van der Waals surface area contributed by atoms with Gasteiger partial charge in [-0.2, -0.15) is 91.8 Å². The van der Waals surface area contributed by atoms with E-state index < -0.39 is 173 Å². The van der Waals surface area contributed by atoms with Crippen LogP contribution in [-0.2, 0) is 38.9 Å². The molecule has 2 heterocycles. The molecule has 8 fully saturated rings. The third-order valence-corrected chi connectivity index (χ3v) is 28.1. The highest BCUT2D eigenvalue weighted by Gasteiger charge is 2.87. The maximum atomic E-state index is 15.4. The SMILES string of the molecule is CC1(C)COC2(CCC3=C4C(CC[C@@]3(O)C2)C2CC[C@@](O)(C(F)(F)C(F)(F)F)[C@@]2(C)C[C@@H]4c2ccc(-c3ccc(S(C)(=O)=O)cc3)cc2)OC1.CC1(C)COC2(CCC3=C4C(CC[C@@]3(O)C2)C2CC[C@@](O)(C(F)(F)C(F)(F)F)[C@@]2(C)C[C@@H]4c2ccc(OS(=O)(=O)C(F)(F)C(F)(F)C(F)(F)C(F)(F)F)cc2)OC1. The fourth-order valence-corrected chi connectivity index (χ4v) is 21.4. The van der Waals surface area contributed by atoms with Crippen molar-refractivity contribution in [3.63, 3.8) is 0 Å². The van der Waals surface area contributed by atoms with Crippen molar-refractivity contribution in [1.29, 1.82) is 0 Å². The topological polar surface area (TPSA) is 195 Å². The number of rotatable bonds is 11. The van der Waals surface area contributed by atoms with Gasteiger partial charge < -0.3 is 43.6 Å². The van der Waals surface area contributed by atoms with Gasteiger partial charge in [-0.3, -0.25) is 0 Å². The zero-order chi connectivity index (χ0) is 79.4. The van der Waals surface area contributed by atoms with Crippen LogP contribution in [-0.4, -0.2) is 151 Å². The molecule has 0 amide bonds. The minimum Gasteiger partial charge on any atom is -0.385 e. The quantitative estimate of drug-likeness (QED) is 0.0805. The number of fused-ring (bicyclic) bond motifs is 8. The summed E-state index contributed by atoms with van der Waals surface area (Å²) in [7, 11) is -10.7. The van der Waals surface area contributed by atoms with E-state index in [1.165, 1.54) is 19.1 Å². The molecule has 2 saturated heterocycles. The number of alkyl halides is 19. The molecule has 4 N–H and O–H groups in total. The molecule has 13 rings (SSSR count). The van der Waals surface area contributed by atoms with Crippen LogP contribution in [0.3, 0.4) is 0 Å². The van der Waals surface area contributed by atoms with Crippen LogP contribution in [0, 0.1) is 45.3 Å². The summed E-state index contributed by atoms with van der Waals surface area (Å²) in [5.41, 5.74) is -9.84. The Hall–Kier alpha value is -4.81. The first kappa shape index (κ1) is 81.7. The molecule has 2 spiro atoms. The molecular weight excluding hydrogens is 1510 g/mol. The highest BCUT2D eigenvalue weighted by Crippen LogP contribution is 2.74. The average molecular weight is 1590 g/mol. The van der Waals surface area contributed by atoms with Crippen molar-refractivity contribution in [2.75, 3.05) is 32.7 Å². The van der Waals surface area contributed by atoms with E-state index in [2.05, 4.69) is 4.18 Å². The molecule has 13 nitrogen and oxygen atoms in total. The maximum Gasteiger partial charge on any atom is 0.460 e. The smallest absolute Gasteiger partial charge is 0.385 e. The standard InChI is InChI=1S/C38H45F5O6S.C35H38F14O7S/c1-32(2)21-48-35(49-22-32)17-14-30-31-27(13-16-34(30,44)20-35)29-15-18-36(45,37(39,40)38(41,42)43)33(29,3)19-28(31)25-7-5-23(6-8-25)24-9-11-26(12-10-24)50(4,46)47;1-25(2)16-54-28(55-17-25)12-9-23-24-20(8-11-27(23,50)15-28)22-10-13-29(51,30(36,37)33(42,43)44)26(22,3)14-21(24)18-4-6-19(7-5-18)56-57(52,53)35(48,49)32(40,41)31(38,39)34(45,46)47/h5-12,27-29,44-45H,13-22H2,1-4H3;4-7,20-22,50-51H,8-17H2,1-3H3/t27?,28-,29?,33+,34-,36+;20?,21-,22?,26+,27-,29+/m11/s1. The predicted molar refractivity (Wildman–Crippen MR) is 344 cm³/mol. The number of benzene rings is 3. The minimum atomic E-state index is -7.58. The van der Waals surface area contributed by atoms with E-state index in [4.69, 9.17) is 18.9 Å². The van der Waals surface area contributed by atoms with E-state index in [0.29, 0.717) is 61.3 Å². The van der Waals surface area contributed by atoms with E-state index in [1.54, 1.807) is 12.1 Å². The molecule has 107 heavy (non-hydrogen) atoms. The van der Waals surface area contributed by atoms with Gasteiger partial charge in [0.1, 0.15) is 17.0 Å². The van der Waals surface area contributed by atoms with Gasteiger partial charge in [-0.15, -0.1) is 0 Å². The van der Waals surface area contributed by atoms with Crippen LogP contribution < -0.4 is 4.18 Å². The van der Waals surface area contributed by atoms with Gasteiger partial charge in [-0.25, -0.2) is 8.42 Å². The van der Waals surface area contributed by atoms with E-state index in [0.717, 1.165) is 47.6 Å².